The van der Waals surface area contributed by atoms with E-state index in [1.807, 2.05) is 0 Å². The maximum absolute atomic E-state index is 6.24. The molecule has 0 radical (unpaired) electrons. The Bertz CT molecular complexity index is 275. The molecule has 1 saturated carbocycles. The summed E-state index contributed by atoms with van der Waals surface area (Å²) in [6.07, 6.45) is 22.9. The highest BCUT2D eigenvalue weighted by atomic mass is 35.5. The Labute approximate surface area is 165 Å². The molecular weight excluding hydrogens is 330 g/mol. The van der Waals surface area contributed by atoms with E-state index in [4.69, 9.17) is 4.74 Å². The maximum Gasteiger partial charge on any atom is 0.183 e. The van der Waals surface area contributed by atoms with Crippen molar-refractivity contribution in [2.24, 2.45) is 0 Å². The molecule has 0 N–H and O–H groups in total. The van der Waals surface area contributed by atoms with E-state index in [0.29, 0.717) is 6.10 Å². The molecule has 3 heteroatoms. The molecule has 1 aliphatic rings. The number of halogens is 1. The lowest BCUT2D eigenvalue weighted by molar-refractivity contribution is -0.910. The van der Waals surface area contributed by atoms with Crippen LogP contribution in [0.2, 0.25) is 0 Å². The molecule has 0 aromatic rings. The van der Waals surface area contributed by atoms with Gasteiger partial charge in [-0.3, -0.25) is 0 Å². The number of hydrogen-bond acceptors (Lipinski definition) is 1. The molecule has 0 saturated heterocycles. The minimum Gasteiger partial charge on any atom is -1.00 e. The summed E-state index contributed by atoms with van der Waals surface area (Å²) in [5, 5.41) is 0. The van der Waals surface area contributed by atoms with Crippen molar-refractivity contribution in [1.29, 1.82) is 0 Å². The molecule has 0 amide bonds. The molecule has 0 heterocycles. The molecule has 0 spiro atoms. The van der Waals surface area contributed by atoms with Crippen LogP contribution in [-0.2, 0) is 4.74 Å². The van der Waals surface area contributed by atoms with Gasteiger partial charge >= 0.3 is 0 Å². The smallest absolute Gasteiger partial charge is 0.183 e. The van der Waals surface area contributed by atoms with Crippen molar-refractivity contribution in [1.82, 2.24) is 0 Å². The lowest BCUT2D eigenvalue weighted by Gasteiger charge is -2.31. The van der Waals surface area contributed by atoms with Gasteiger partial charge in [0.15, 0.2) is 6.73 Å². The van der Waals surface area contributed by atoms with Crippen molar-refractivity contribution in [2.45, 2.75) is 116 Å². The Morgan fingerprint density at radius 2 is 1.20 bits per heavy atom. The van der Waals surface area contributed by atoms with Gasteiger partial charge in [-0.2, -0.15) is 0 Å². The second-order valence-electron chi connectivity index (χ2n) is 8.75. The average Bonchev–Trinajstić information content (AvgIpc) is 2.83. The van der Waals surface area contributed by atoms with Crippen molar-refractivity contribution in [3.8, 4) is 0 Å². The quantitative estimate of drug-likeness (QED) is 0.195. The largest absolute Gasteiger partial charge is 1.00 e. The normalized spacial score (nSPS) is 16.4. The van der Waals surface area contributed by atoms with Gasteiger partial charge in [0.05, 0.1) is 26.7 Å². The Morgan fingerprint density at radius 3 is 1.72 bits per heavy atom. The van der Waals surface area contributed by atoms with Crippen molar-refractivity contribution in [3.63, 3.8) is 0 Å². The SMILES string of the molecule is CCCCCCCCCCCC[N+](C)(C)COC1CCCCCC1.[Cl-]. The average molecular weight is 376 g/mol. The molecule has 0 aromatic carbocycles. The van der Waals surface area contributed by atoms with E-state index in [-0.39, 0.29) is 12.4 Å². The van der Waals surface area contributed by atoms with Gasteiger partial charge in [-0.15, -0.1) is 0 Å². The van der Waals surface area contributed by atoms with Gasteiger partial charge in [0.25, 0.3) is 0 Å². The maximum atomic E-state index is 6.24. The Kier molecular flexibility index (Phi) is 16.5. The summed E-state index contributed by atoms with van der Waals surface area (Å²) in [6, 6.07) is 0. The topological polar surface area (TPSA) is 9.23 Å². The van der Waals surface area contributed by atoms with E-state index in [2.05, 4.69) is 21.0 Å². The fourth-order valence-electron chi connectivity index (χ4n) is 3.81. The molecule has 0 atom stereocenters. The standard InChI is InChI=1S/C22H46NO.ClH/c1-4-5-6-7-8-9-10-11-14-17-20-23(2,3)21-24-22-18-15-12-13-16-19-22;/h22H,4-21H2,1-3H3;1H/q+1;/p-1. The van der Waals surface area contributed by atoms with Crippen LogP contribution in [0.15, 0.2) is 0 Å². The number of nitrogens with zero attached hydrogens (tertiary/aromatic N) is 1. The zero-order valence-electron chi connectivity index (χ0n) is 17.5. The summed E-state index contributed by atoms with van der Waals surface area (Å²) in [5.74, 6) is 0. The molecular formula is C22H46ClNO. The van der Waals surface area contributed by atoms with Crippen LogP contribution in [0.5, 0.6) is 0 Å². The van der Waals surface area contributed by atoms with Crippen LogP contribution in [0.3, 0.4) is 0 Å². The first-order chi connectivity index (χ1) is 11.6. The minimum absolute atomic E-state index is 0. The lowest BCUT2D eigenvalue weighted by Crippen LogP contribution is -3.00. The van der Waals surface area contributed by atoms with Crippen LogP contribution in [0.25, 0.3) is 0 Å². The van der Waals surface area contributed by atoms with Gasteiger partial charge < -0.3 is 21.6 Å². The molecule has 152 valence electrons. The molecule has 0 unspecified atom stereocenters. The van der Waals surface area contributed by atoms with Crippen LogP contribution in [0.1, 0.15) is 110 Å². The van der Waals surface area contributed by atoms with Crippen LogP contribution in [0.4, 0.5) is 0 Å². The van der Waals surface area contributed by atoms with Crippen LogP contribution >= 0.6 is 0 Å². The summed E-state index contributed by atoms with van der Waals surface area (Å²) in [6.45, 7) is 4.47. The van der Waals surface area contributed by atoms with Gasteiger partial charge in [-0.1, -0.05) is 84.0 Å². The predicted molar refractivity (Wildman–Crippen MR) is 106 cm³/mol. The third kappa shape index (κ3) is 15.0. The molecule has 25 heavy (non-hydrogen) atoms. The fraction of sp³-hybridized carbons (Fsp3) is 1.00. The number of hydrogen-bond donors (Lipinski definition) is 0. The van der Waals surface area contributed by atoms with Crippen LogP contribution in [0, 0.1) is 0 Å². The number of ether oxygens (including phenoxy) is 1. The van der Waals surface area contributed by atoms with Gasteiger partial charge in [-0.05, 0) is 25.7 Å². The Balaban J connectivity index is 0.00000576. The zero-order valence-corrected chi connectivity index (χ0v) is 18.3. The van der Waals surface area contributed by atoms with Crippen molar-refractivity contribution in [2.75, 3.05) is 27.4 Å². The zero-order chi connectivity index (χ0) is 17.5. The fourth-order valence-corrected chi connectivity index (χ4v) is 3.81. The third-order valence-electron chi connectivity index (χ3n) is 5.58. The van der Waals surface area contributed by atoms with E-state index in [9.17, 15) is 0 Å². The predicted octanol–water partition coefficient (Wildman–Crippen LogP) is 3.68. The van der Waals surface area contributed by atoms with Gasteiger partial charge in [0.1, 0.15) is 0 Å². The molecule has 1 aliphatic carbocycles. The molecule has 2 nitrogen and oxygen atoms in total. The summed E-state index contributed by atoms with van der Waals surface area (Å²) >= 11 is 0. The number of unbranched alkanes of at least 4 members (excludes halogenated alkanes) is 9. The number of quaternary nitrogens is 1. The van der Waals surface area contributed by atoms with Crippen molar-refractivity contribution >= 4 is 0 Å². The first kappa shape index (κ1) is 25.2. The van der Waals surface area contributed by atoms with Gasteiger partial charge in [0, 0.05) is 0 Å². The minimum atomic E-state index is 0. The van der Waals surface area contributed by atoms with E-state index in [1.54, 1.807) is 0 Å². The highest BCUT2D eigenvalue weighted by molar-refractivity contribution is 4.63. The van der Waals surface area contributed by atoms with Gasteiger partial charge in [-0.25, -0.2) is 0 Å². The van der Waals surface area contributed by atoms with E-state index >= 15 is 0 Å². The molecule has 0 aromatic heterocycles. The molecule has 1 fully saturated rings. The second-order valence-corrected chi connectivity index (χ2v) is 8.75. The van der Waals surface area contributed by atoms with Crippen LogP contribution in [-0.4, -0.2) is 38.0 Å². The monoisotopic (exact) mass is 375 g/mol. The van der Waals surface area contributed by atoms with E-state index < -0.39 is 0 Å². The van der Waals surface area contributed by atoms with E-state index in [1.165, 1.54) is 109 Å². The Hall–Kier alpha value is 0.210. The first-order valence-electron chi connectivity index (χ1n) is 11.1. The molecule has 0 aliphatic heterocycles. The third-order valence-corrected chi connectivity index (χ3v) is 5.58. The Morgan fingerprint density at radius 1 is 0.720 bits per heavy atom. The highest BCUT2D eigenvalue weighted by Gasteiger charge is 2.19. The molecule has 0 bridgehead atoms. The van der Waals surface area contributed by atoms with Gasteiger partial charge in [0.2, 0.25) is 0 Å². The lowest BCUT2D eigenvalue weighted by atomic mass is 10.1. The first-order valence-corrected chi connectivity index (χ1v) is 11.1. The highest BCUT2D eigenvalue weighted by Crippen LogP contribution is 2.20. The summed E-state index contributed by atoms with van der Waals surface area (Å²) in [4.78, 5) is 0. The summed E-state index contributed by atoms with van der Waals surface area (Å²) < 4.78 is 7.28. The number of rotatable bonds is 14. The molecule has 1 rings (SSSR count). The van der Waals surface area contributed by atoms with Crippen LogP contribution < -0.4 is 12.4 Å². The summed E-state index contributed by atoms with van der Waals surface area (Å²) in [5.41, 5.74) is 0. The van der Waals surface area contributed by atoms with Crippen molar-refractivity contribution < 1.29 is 21.6 Å². The van der Waals surface area contributed by atoms with E-state index in [0.717, 1.165) is 11.2 Å². The van der Waals surface area contributed by atoms with Crippen molar-refractivity contribution in [3.05, 3.63) is 0 Å². The second kappa shape index (κ2) is 16.4. The summed E-state index contributed by atoms with van der Waals surface area (Å²) in [7, 11) is 4.68.